The van der Waals surface area contributed by atoms with E-state index in [1.807, 2.05) is 13.0 Å². The number of benzene rings is 1. The van der Waals surface area contributed by atoms with E-state index in [0.717, 1.165) is 30.8 Å². The van der Waals surface area contributed by atoms with E-state index in [1.54, 1.807) is 0 Å². The number of aromatic hydroxyl groups is 1. The van der Waals surface area contributed by atoms with E-state index in [0.29, 0.717) is 11.7 Å². The van der Waals surface area contributed by atoms with Gasteiger partial charge in [0.15, 0.2) is 0 Å². The molecule has 1 atom stereocenters. The van der Waals surface area contributed by atoms with Crippen molar-refractivity contribution in [3.63, 3.8) is 0 Å². The molecule has 0 saturated carbocycles. The minimum absolute atomic E-state index is 0.383. The number of hydrogen-bond donors (Lipinski definition) is 1. The van der Waals surface area contributed by atoms with Crippen LogP contribution in [-0.2, 0) is 4.74 Å². The standard InChI is InChI=1S/C12H16O2/c1-8-5-9(2)12(13)11(6-8)10-3-4-14-7-10/h5-6,10,13H,3-4,7H2,1-2H3. The molecule has 76 valence electrons. The lowest BCUT2D eigenvalue weighted by Crippen LogP contribution is -1.99. The molecular weight excluding hydrogens is 176 g/mol. The zero-order valence-corrected chi connectivity index (χ0v) is 8.71. The molecule has 1 aliphatic rings. The van der Waals surface area contributed by atoms with Crippen LogP contribution in [0.2, 0.25) is 0 Å². The molecule has 0 radical (unpaired) electrons. The molecule has 1 N–H and O–H groups in total. The summed E-state index contributed by atoms with van der Waals surface area (Å²) in [5.41, 5.74) is 3.23. The van der Waals surface area contributed by atoms with Crippen LogP contribution >= 0.6 is 0 Å². The van der Waals surface area contributed by atoms with Crippen LogP contribution in [0.3, 0.4) is 0 Å². The largest absolute Gasteiger partial charge is 0.507 e. The molecule has 0 aromatic heterocycles. The van der Waals surface area contributed by atoms with Gasteiger partial charge in [0.05, 0.1) is 6.61 Å². The smallest absolute Gasteiger partial charge is 0.122 e. The molecule has 14 heavy (non-hydrogen) atoms. The fraction of sp³-hybridized carbons (Fsp3) is 0.500. The summed E-state index contributed by atoms with van der Waals surface area (Å²) in [6.07, 6.45) is 1.02. The topological polar surface area (TPSA) is 29.5 Å². The van der Waals surface area contributed by atoms with Gasteiger partial charge in [-0.1, -0.05) is 17.7 Å². The maximum Gasteiger partial charge on any atom is 0.122 e. The Kier molecular flexibility index (Phi) is 2.46. The first-order chi connectivity index (χ1) is 6.68. The molecule has 2 rings (SSSR count). The lowest BCUT2D eigenvalue weighted by molar-refractivity contribution is 0.193. The van der Waals surface area contributed by atoms with Gasteiger partial charge in [-0.05, 0) is 31.4 Å². The van der Waals surface area contributed by atoms with Crippen molar-refractivity contribution in [2.45, 2.75) is 26.2 Å². The van der Waals surface area contributed by atoms with Crippen molar-refractivity contribution in [2.75, 3.05) is 13.2 Å². The second-order valence-corrected chi connectivity index (χ2v) is 4.08. The van der Waals surface area contributed by atoms with Gasteiger partial charge in [0.2, 0.25) is 0 Å². The van der Waals surface area contributed by atoms with Gasteiger partial charge in [0.1, 0.15) is 5.75 Å². The van der Waals surface area contributed by atoms with E-state index in [-0.39, 0.29) is 0 Å². The number of phenolic OH excluding ortho intramolecular Hbond substituents is 1. The first-order valence-electron chi connectivity index (χ1n) is 5.06. The van der Waals surface area contributed by atoms with Crippen LogP contribution in [0.4, 0.5) is 0 Å². The van der Waals surface area contributed by atoms with E-state index in [1.165, 1.54) is 5.56 Å². The van der Waals surface area contributed by atoms with Crippen LogP contribution < -0.4 is 0 Å². The summed E-state index contributed by atoms with van der Waals surface area (Å²) in [5.74, 6) is 0.833. The third kappa shape index (κ3) is 1.62. The fourth-order valence-corrected chi connectivity index (χ4v) is 2.08. The van der Waals surface area contributed by atoms with Crippen molar-refractivity contribution >= 4 is 0 Å². The van der Waals surface area contributed by atoms with Crippen LogP contribution in [0.1, 0.15) is 29.0 Å². The molecule has 2 nitrogen and oxygen atoms in total. The van der Waals surface area contributed by atoms with Crippen LogP contribution in [0.15, 0.2) is 12.1 Å². The van der Waals surface area contributed by atoms with Crippen LogP contribution in [-0.4, -0.2) is 18.3 Å². The summed E-state index contributed by atoms with van der Waals surface area (Å²) >= 11 is 0. The third-order valence-corrected chi connectivity index (χ3v) is 2.84. The van der Waals surface area contributed by atoms with E-state index in [9.17, 15) is 5.11 Å². The van der Waals surface area contributed by atoms with Crippen molar-refractivity contribution in [3.05, 3.63) is 28.8 Å². The van der Waals surface area contributed by atoms with Gasteiger partial charge < -0.3 is 9.84 Å². The highest BCUT2D eigenvalue weighted by Gasteiger charge is 2.21. The van der Waals surface area contributed by atoms with Gasteiger partial charge in [0, 0.05) is 12.5 Å². The van der Waals surface area contributed by atoms with Gasteiger partial charge in [0.25, 0.3) is 0 Å². The van der Waals surface area contributed by atoms with Crippen molar-refractivity contribution in [3.8, 4) is 5.75 Å². The fourth-order valence-electron chi connectivity index (χ4n) is 2.08. The second-order valence-electron chi connectivity index (χ2n) is 4.08. The molecule has 0 spiro atoms. The van der Waals surface area contributed by atoms with Crippen molar-refractivity contribution in [1.82, 2.24) is 0 Å². The number of aryl methyl sites for hydroxylation is 2. The molecule has 1 unspecified atom stereocenters. The summed E-state index contributed by atoms with van der Waals surface area (Å²) in [6, 6.07) is 4.08. The van der Waals surface area contributed by atoms with Gasteiger partial charge in [-0.3, -0.25) is 0 Å². The van der Waals surface area contributed by atoms with Gasteiger partial charge in [-0.25, -0.2) is 0 Å². The predicted molar refractivity (Wildman–Crippen MR) is 55.8 cm³/mol. The van der Waals surface area contributed by atoms with E-state index < -0.39 is 0 Å². The Morgan fingerprint density at radius 2 is 2.14 bits per heavy atom. The summed E-state index contributed by atoms with van der Waals surface area (Å²) < 4.78 is 5.34. The summed E-state index contributed by atoms with van der Waals surface area (Å²) in [4.78, 5) is 0. The normalized spacial score (nSPS) is 21.4. The van der Waals surface area contributed by atoms with E-state index in [4.69, 9.17) is 4.74 Å². The highest BCUT2D eigenvalue weighted by atomic mass is 16.5. The Morgan fingerprint density at radius 3 is 2.79 bits per heavy atom. The first kappa shape index (κ1) is 9.53. The Hall–Kier alpha value is -1.02. The van der Waals surface area contributed by atoms with Crippen molar-refractivity contribution < 1.29 is 9.84 Å². The average molecular weight is 192 g/mol. The SMILES string of the molecule is Cc1cc(C)c(O)c(C2CCOC2)c1. The highest BCUT2D eigenvalue weighted by Crippen LogP contribution is 2.34. The Morgan fingerprint density at radius 1 is 1.36 bits per heavy atom. The van der Waals surface area contributed by atoms with Crippen molar-refractivity contribution in [2.24, 2.45) is 0 Å². The molecule has 0 bridgehead atoms. The maximum absolute atomic E-state index is 9.93. The monoisotopic (exact) mass is 192 g/mol. The first-order valence-corrected chi connectivity index (χ1v) is 5.06. The maximum atomic E-state index is 9.93. The predicted octanol–water partition coefficient (Wildman–Crippen LogP) is 2.51. The molecule has 1 aliphatic heterocycles. The number of rotatable bonds is 1. The summed E-state index contributed by atoms with van der Waals surface area (Å²) in [7, 11) is 0. The molecule has 2 heteroatoms. The number of ether oxygens (including phenoxy) is 1. The molecule has 1 fully saturated rings. The van der Waals surface area contributed by atoms with Crippen molar-refractivity contribution in [1.29, 1.82) is 0 Å². The minimum atomic E-state index is 0.383. The lowest BCUT2D eigenvalue weighted by atomic mass is 9.94. The highest BCUT2D eigenvalue weighted by molar-refractivity contribution is 5.44. The Labute approximate surface area is 84.5 Å². The van der Waals surface area contributed by atoms with Gasteiger partial charge >= 0.3 is 0 Å². The molecular formula is C12H16O2. The summed E-state index contributed by atoms with van der Waals surface area (Å²) in [6.45, 7) is 5.57. The Balaban J connectivity index is 2.40. The molecule has 0 aliphatic carbocycles. The molecule has 0 amide bonds. The molecule has 1 aromatic rings. The number of phenols is 1. The van der Waals surface area contributed by atoms with E-state index in [2.05, 4.69) is 13.0 Å². The zero-order valence-electron chi connectivity index (χ0n) is 8.71. The number of hydrogen-bond acceptors (Lipinski definition) is 2. The second kappa shape index (κ2) is 3.62. The van der Waals surface area contributed by atoms with Crippen LogP contribution in [0, 0.1) is 13.8 Å². The average Bonchev–Trinajstić information content (AvgIpc) is 2.63. The van der Waals surface area contributed by atoms with Crippen LogP contribution in [0.5, 0.6) is 5.75 Å². The molecule has 1 aromatic carbocycles. The van der Waals surface area contributed by atoms with Crippen LogP contribution in [0.25, 0.3) is 0 Å². The van der Waals surface area contributed by atoms with Gasteiger partial charge in [-0.2, -0.15) is 0 Å². The lowest BCUT2D eigenvalue weighted by Gasteiger charge is -2.13. The Bertz CT molecular complexity index is 338. The zero-order chi connectivity index (χ0) is 10.1. The molecule has 1 heterocycles. The summed E-state index contributed by atoms with van der Waals surface area (Å²) in [5, 5.41) is 9.93. The quantitative estimate of drug-likeness (QED) is 0.740. The minimum Gasteiger partial charge on any atom is -0.507 e. The molecule has 1 saturated heterocycles. The third-order valence-electron chi connectivity index (χ3n) is 2.84. The van der Waals surface area contributed by atoms with E-state index >= 15 is 0 Å². The van der Waals surface area contributed by atoms with Gasteiger partial charge in [-0.15, -0.1) is 0 Å².